The minimum atomic E-state index is -4.41. The van der Waals surface area contributed by atoms with Crippen molar-refractivity contribution in [3.63, 3.8) is 0 Å². The second-order valence-corrected chi connectivity index (χ2v) is 8.16. The van der Waals surface area contributed by atoms with Crippen LogP contribution < -0.4 is 5.32 Å². The van der Waals surface area contributed by atoms with Crippen molar-refractivity contribution >= 4 is 27.8 Å². The van der Waals surface area contributed by atoms with Crippen LogP contribution in [0.1, 0.15) is 27.2 Å². The summed E-state index contributed by atoms with van der Waals surface area (Å²) in [5.74, 6) is -0.246. The molecule has 0 saturated carbocycles. The van der Waals surface area contributed by atoms with E-state index in [0.29, 0.717) is 23.4 Å². The van der Waals surface area contributed by atoms with Gasteiger partial charge in [-0.05, 0) is 67.1 Å². The van der Waals surface area contributed by atoms with E-state index in [0.717, 1.165) is 39.7 Å². The van der Waals surface area contributed by atoms with Gasteiger partial charge < -0.3 is 5.32 Å². The maximum Gasteiger partial charge on any atom is 0.416 e. The van der Waals surface area contributed by atoms with E-state index in [2.05, 4.69) is 15.4 Å². The van der Waals surface area contributed by atoms with Gasteiger partial charge in [-0.1, -0.05) is 0 Å². The number of pyridine rings is 1. The standard InChI is InChI=1S/C25H20F3N5O/c1-15-9-10-29-18(11-15)13-30-24(34)16-3-8-22-20(12-16)21-14-32(2)31-23(21)33(22)19-6-4-17(5-7-19)25(26,27)28/h3-12,14H,13H2,1-2H3,(H,30,34). The van der Waals surface area contributed by atoms with Crippen molar-refractivity contribution in [2.45, 2.75) is 19.6 Å². The van der Waals surface area contributed by atoms with Crippen molar-refractivity contribution in [1.29, 1.82) is 0 Å². The van der Waals surface area contributed by atoms with Crippen LogP contribution in [0, 0.1) is 6.92 Å². The molecule has 172 valence electrons. The molecule has 1 amide bonds. The number of rotatable bonds is 4. The van der Waals surface area contributed by atoms with Gasteiger partial charge in [-0.2, -0.15) is 18.3 Å². The molecule has 0 bridgehead atoms. The van der Waals surface area contributed by atoms with Crippen molar-refractivity contribution in [2.75, 3.05) is 0 Å². The van der Waals surface area contributed by atoms with Crippen LogP contribution in [0.25, 0.3) is 27.6 Å². The summed E-state index contributed by atoms with van der Waals surface area (Å²) in [7, 11) is 1.77. The van der Waals surface area contributed by atoms with Crippen LogP contribution >= 0.6 is 0 Å². The highest BCUT2D eigenvalue weighted by Gasteiger charge is 2.30. The van der Waals surface area contributed by atoms with Crippen LogP contribution in [0.4, 0.5) is 13.2 Å². The second-order valence-electron chi connectivity index (χ2n) is 8.16. The van der Waals surface area contributed by atoms with Gasteiger partial charge in [0.25, 0.3) is 5.91 Å². The Labute approximate surface area is 192 Å². The fourth-order valence-electron chi connectivity index (χ4n) is 4.06. The zero-order valence-electron chi connectivity index (χ0n) is 18.4. The molecule has 1 N–H and O–H groups in total. The van der Waals surface area contributed by atoms with Gasteiger partial charge in [0.05, 0.1) is 23.3 Å². The van der Waals surface area contributed by atoms with E-state index in [-0.39, 0.29) is 5.91 Å². The van der Waals surface area contributed by atoms with E-state index in [1.165, 1.54) is 12.1 Å². The molecule has 0 radical (unpaired) electrons. The monoisotopic (exact) mass is 463 g/mol. The minimum absolute atomic E-state index is 0.246. The summed E-state index contributed by atoms with van der Waals surface area (Å²) in [6, 6.07) is 14.0. The van der Waals surface area contributed by atoms with Crippen LogP contribution in [0.2, 0.25) is 0 Å². The number of hydrogen-bond donors (Lipinski definition) is 1. The summed E-state index contributed by atoms with van der Waals surface area (Å²) in [5.41, 5.74) is 3.47. The highest BCUT2D eigenvalue weighted by atomic mass is 19.4. The Balaban J connectivity index is 1.53. The lowest BCUT2D eigenvalue weighted by atomic mass is 10.1. The normalized spacial score (nSPS) is 11.9. The molecular formula is C25H20F3N5O. The number of carbonyl (C=O) groups excluding carboxylic acids is 1. The fourth-order valence-corrected chi connectivity index (χ4v) is 4.06. The molecule has 0 aliphatic heterocycles. The number of aromatic nitrogens is 4. The molecule has 0 atom stereocenters. The highest BCUT2D eigenvalue weighted by molar-refractivity contribution is 6.10. The molecule has 0 aliphatic rings. The van der Waals surface area contributed by atoms with Crippen molar-refractivity contribution in [1.82, 2.24) is 24.6 Å². The van der Waals surface area contributed by atoms with Gasteiger partial charge in [0.15, 0.2) is 5.65 Å². The zero-order valence-corrected chi connectivity index (χ0v) is 18.4. The Hall–Kier alpha value is -4.14. The molecule has 5 rings (SSSR count). The summed E-state index contributed by atoms with van der Waals surface area (Å²) in [5, 5.41) is 8.97. The smallest absolute Gasteiger partial charge is 0.346 e. The summed E-state index contributed by atoms with van der Waals surface area (Å²) in [6.07, 6.45) is -0.879. The first-order valence-electron chi connectivity index (χ1n) is 10.6. The Morgan fingerprint density at radius 2 is 1.79 bits per heavy atom. The quantitative estimate of drug-likeness (QED) is 0.400. The maximum absolute atomic E-state index is 13.0. The molecular weight excluding hydrogens is 443 g/mol. The molecule has 3 aromatic heterocycles. The van der Waals surface area contributed by atoms with E-state index in [1.54, 1.807) is 40.7 Å². The number of benzene rings is 2. The molecule has 0 saturated heterocycles. The third-order valence-corrected chi connectivity index (χ3v) is 5.67. The van der Waals surface area contributed by atoms with Crippen LogP contribution in [0.15, 0.2) is 67.0 Å². The maximum atomic E-state index is 13.0. The van der Waals surface area contributed by atoms with Gasteiger partial charge in [-0.25, -0.2) is 0 Å². The van der Waals surface area contributed by atoms with E-state index in [4.69, 9.17) is 0 Å². The van der Waals surface area contributed by atoms with Gasteiger partial charge in [-0.3, -0.25) is 19.0 Å². The van der Waals surface area contributed by atoms with Crippen LogP contribution in [0.5, 0.6) is 0 Å². The molecule has 5 aromatic rings. The van der Waals surface area contributed by atoms with Crippen molar-refractivity contribution in [3.8, 4) is 5.69 Å². The predicted octanol–water partition coefficient (Wildman–Crippen LogP) is 5.17. The summed E-state index contributed by atoms with van der Waals surface area (Å²) in [4.78, 5) is 17.1. The van der Waals surface area contributed by atoms with E-state index >= 15 is 0 Å². The summed E-state index contributed by atoms with van der Waals surface area (Å²) in [6.45, 7) is 2.26. The van der Waals surface area contributed by atoms with Crippen LogP contribution in [-0.4, -0.2) is 25.2 Å². The molecule has 9 heteroatoms. The number of carbonyl (C=O) groups is 1. The van der Waals surface area contributed by atoms with Crippen LogP contribution in [0.3, 0.4) is 0 Å². The number of alkyl halides is 3. The van der Waals surface area contributed by atoms with E-state index < -0.39 is 11.7 Å². The number of aryl methyl sites for hydroxylation is 2. The van der Waals surface area contributed by atoms with Crippen molar-refractivity contribution in [3.05, 3.63) is 89.4 Å². The van der Waals surface area contributed by atoms with Gasteiger partial charge in [0, 0.05) is 41.5 Å². The SMILES string of the molecule is Cc1ccnc(CNC(=O)c2ccc3c(c2)c2cn(C)nc2n3-c2ccc(C(F)(F)F)cc2)c1. The average Bonchev–Trinajstić information content (AvgIpc) is 3.31. The number of hydrogen-bond acceptors (Lipinski definition) is 3. The first kappa shape index (κ1) is 21.7. The molecule has 2 aromatic carbocycles. The second kappa shape index (κ2) is 8.02. The first-order chi connectivity index (χ1) is 16.2. The predicted molar refractivity (Wildman–Crippen MR) is 123 cm³/mol. The van der Waals surface area contributed by atoms with E-state index in [1.807, 2.05) is 25.3 Å². The largest absolute Gasteiger partial charge is 0.416 e. The zero-order chi connectivity index (χ0) is 24.0. The number of nitrogens with zero attached hydrogens (tertiary/aromatic N) is 4. The Bertz CT molecular complexity index is 1530. The Morgan fingerprint density at radius 3 is 2.50 bits per heavy atom. The molecule has 0 aliphatic carbocycles. The number of amides is 1. The molecule has 6 nitrogen and oxygen atoms in total. The molecule has 0 spiro atoms. The number of halogens is 3. The van der Waals surface area contributed by atoms with Crippen molar-refractivity contribution < 1.29 is 18.0 Å². The average molecular weight is 463 g/mol. The topological polar surface area (TPSA) is 64.7 Å². The van der Waals surface area contributed by atoms with Gasteiger partial charge in [0.2, 0.25) is 0 Å². The lowest BCUT2D eigenvalue weighted by Gasteiger charge is -2.10. The fraction of sp³-hybridized carbons (Fsp3) is 0.160. The summed E-state index contributed by atoms with van der Waals surface area (Å²) >= 11 is 0. The van der Waals surface area contributed by atoms with Crippen molar-refractivity contribution in [2.24, 2.45) is 7.05 Å². The molecule has 0 unspecified atom stereocenters. The van der Waals surface area contributed by atoms with Crippen LogP contribution in [-0.2, 0) is 19.8 Å². The first-order valence-corrected chi connectivity index (χ1v) is 10.6. The summed E-state index contributed by atoms with van der Waals surface area (Å²) < 4.78 is 42.5. The van der Waals surface area contributed by atoms with Gasteiger partial charge in [-0.15, -0.1) is 0 Å². The minimum Gasteiger partial charge on any atom is -0.346 e. The third kappa shape index (κ3) is 3.89. The molecule has 34 heavy (non-hydrogen) atoms. The van der Waals surface area contributed by atoms with E-state index in [9.17, 15) is 18.0 Å². The molecule has 0 fully saturated rings. The van der Waals surface area contributed by atoms with Gasteiger partial charge >= 0.3 is 6.18 Å². The number of nitrogens with one attached hydrogen (secondary N) is 1. The Kier molecular flexibility index (Phi) is 5.11. The number of fused-ring (bicyclic) bond motifs is 3. The lowest BCUT2D eigenvalue weighted by Crippen LogP contribution is -2.23. The Morgan fingerprint density at radius 1 is 1.03 bits per heavy atom. The highest BCUT2D eigenvalue weighted by Crippen LogP contribution is 2.34. The lowest BCUT2D eigenvalue weighted by molar-refractivity contribution is -0.137. The molecule has 3 heterocycles. The third-order valence-electron chi connectivity index (χ3n) is 5.67. The van der Waals surface area contributed by atoms with Gasteiger partial charge in [0.1, 0.15) is 0 Å².